The van der Waals surface area contributed by atoms with Crippen molar-refractivity contribution < 1.29 is 4.79 Å². The first-order chi connectivity index (χ1) is 13.5. The number of hydrogen-bond acceptors (Lipinski definition) is 3. The van der Waals surface area contributed by atoms with Crippen molar-refractivity contribution in [1.29, 1.82) is 0 Å². The van der Waals surface area contributed by atoms with Gasteiger partial charge in [-0.05, 0) is 40.6 Å². The maximum absolute atomic E-state index is 12.2. The Balaban J connectivity index is 1.62. The number of aliphatic imine (C=N–C) groups is 1. The number of carbonyl (C=O) groups is 1. The summed E-state index contributed by atoms with van der Waals surface area (Å²) in [5.41, 5.74) is 6.31. The van der Waals surface area contributed by atoms with Gasteiger partial charge in [0.1, 0.15) is 5.84 Å². The largest absolute Gasteiger partial charge is 0.378 e. The highest BCUT2D eigenvalue weighted by molar-refractivity contribution is 5.92. The summed E-state index contributed by atoms with van der Waals surface area (Å²) < 4.78 is 0. The number of amides is 1. The second-order valence-corrected chi connectivity index (χ2v) is 7.30. The number of carbonyl (C=O) groups excluding carboxylic acids is 1. The Hall–Kier alpha value is -3.34. The summed E-state index contributed by atoms with van der Waals surface area (Å²) in [4.78, 5) is 19.0. The fourth-order valence-electron chi connectivity index (χ4n) is 3.57. The summed E-state index contributed by atoms with van der Waals surface area (Å²) in [5, 5.41) is 4.02. The molecule has 1 fully saturated rings. The van der Waals surface area contributed by atoms with Gasteiger partial charge in [-0.15, -0.1) is 0 Å². The molecule has 1 saturated heterocycles. The minimum absolute atomic E-state index is 0.0228. The number of rotatable bonds is 3. The monoisotopic (exact) mass is 372 g/mol. The van der Waals surface area contributed by atoms with Crippen molar-refractivity contribution in [1.82, 2.24) is 10.4 Å². The van der Waals surface area contributed by atoms with Crippen LogP contribution in [0.25, 0.3) is 10.8 Å². The van der Waals surface area contributed by atoms with E-state index in [2.05, 4.69) is 58.9 Å². The quantitative estimate of drug-likeness (QED) is 0.740. The number of amidine groups is 1. The molecule has 1 aliphatic rings. The van der Waals surface area contributed by atoms with Crippen molar-refractivity contribution in [3.8, 4) is 0 Å². The Labute approximate surface area is 165 Å². The van der Waals surface area contributed by atoms with Gasteiger partial charge in [0, 0.05) is 33.1 Å². The first-order valence-electron chi connectivity index (χ1n) is 9.41. The van der Waals surface area contributed by atoms with E-state index in [-0.39, 0.29) is 11.9 Å². The molecule has 1 aliphatic heterocycles. The molecule has 1 heterocycles. The molecule has 4 rings (SSSR count). The van der Waals surface area contributed by atoms with E-state index in [1.807, 2.05) is 32.3 Å². The molecule has 0 bridgehead atoms. The summed E-state index contributed by atoms with van der Waals surface area (Å²) >= 11 is 0. The normalized spacial score (nSPS) is 17.8. The molecule has 28 heavy (non-hydrogen) atoms. The van der Waals surface area contributed by atoms with Crippen molar-refractivity contribution in [2.75, 3.05) is 19.0 Å². The maximum Gasteiger partial charge on any atom is 0.238 e. The number of anilines is 1. The summed E-state index contributed by atoms with van der Waals surface area (Å²) in [6.45, 7) is 1.58. The van der Waals surface area contributed by atoms with E-state index >= 15 is 0 Å². The zero-order chi connectivity index (χ0) is 19.7. The molecule has 0 aromatic heterocycles. The van der Waals surface area contributed by atoms with Gasteiger partial charge < -0.3 is 4.90 Å². The Kier molecular flexibility index (Phi) is 4.74. The number of benzene rings is 3. The van der Waals surface area contributed by atoms with Crippen molar-refractivity contribution in [2.24, 2.45) is 4.99 Å². The molecule has 1 amide bonds. The second-order valence-electron chi connectivity index (χ2n) is 7.30. The first-order valence-corrected chi connectivity index (χ1v) is 9.41. The fraction of sp³-hybridized carbons (Fsp3) is 0.217. The van der Waals surface area contributed by atoms with Crippen LogP contribution in [0.1, 0.15) is 24.9 Å². The van der Waals surface area contributed by atoms with Gasteiger partial charge in [-0.25, -0.2) is 10.0 Å². The van der Waals surface area contributed by atoms with Gasteiger partial charge in [0.2, 0.25) is 5.91 Å². The number of hydrazine groups is 1. The SMILES string of the molecule is CC(=O)N1NC(=Nc2ccc3ccccc3c2)CC1c1ccc(N(C)C)cc1. The van der Waals surface area contributed by atoms with Crippen LogP contribution in [0.5, 0.6) is 0 Å². The topological polar surface area (TPSA) is 47.9 Å². The summed E-state index contributed by atoms with van der Waals surface area (Å²) in [7, 11) is 4.03. The lowest BCUT2D eigenvalue weighted by Gasteiger charge is -2.23. The average Bonchev–Trinajstić information content (AvgIpc) is 3.12. The Morgan fingerprint density at radius 2 is 1.75 bits per heavy atom. The average molecular weight is 372 g/mol. The lowest BCUT2D eigenvalue weighted by Crippen LogP contribution is -2.38. The Bertz CT molecular complexity index is 1040. The predicted molar refractivity (Wildman–Crippen MR) is 115 cm³/mol. The minimum Gasteiger partial charge on any atom is -0.378 e. The third-order valence-electron chi connectivity index (χ3n) is 5.08. The van der Waals surface area contributed by atoms with Crippen molar-refractivity contribution in [3.63, 3.8) is 0 Å². The third-order valence-corrected chi connectivity index (χ3v) is 5.08. The van der Waals surface area contributed by atoms with Gasteiger partial charge in [-0.1, -0.05) is 42.5 Å². The highest BCUT2D eigenvalue weighted by Crippen LogP contribution is 2.31. The number of hydrogen-bond donors (Lipinski definition) is 1. The van der Waals surface area contributed by atoms with Crippen molar-refractivity contribution in [3.05, 3.63) is 72.3 Å². The lowest BCUT2D eigenvalue weighted by atomic mass is 10.0. The highest BCUT2D eigenvalue weighted by Gasteiger charge is 2.32. The van der Waals surface area contributed by atoms with E-state index in [1.54, 1.807) is 11.9 Å². The smallest absolute Gasteiger partial charge is 0.238 e. The molecule has 1 N–H and O–H groups in total. The van der Waals surface area contributed by atoms with Gasteiger partial charge >= 0.3 is 0 Å². The maximum atomic E-state index is 12.2. The number of nitrogens with zero attached hydrogens (tertiary/aromatic N) is 3. The zero-order valence-electron chi connectivity index (χ0n) is 16.4. The molecule has 142 valence electrons. The lowest BCUT2D eigenvalue weighted by molar-refractivity contribution is -0.132. The molecule has 3 aromatic carbocycles. The number of fused-ring (bicyclic) bond motifs is 1. The van der Waals surface area contributed by atoms with E-state index in [0.717, 1.165) is 28.2 Å². The summed E-state index contributed by atoms with van der Waals surface area (Å²) in [5.74, 6) is 0.776. The van der Waals surface area contributed by atoms with Crippen molar-refractivity contribution in [2.45, 2.75) is 19.4 Å². The number of nitrogens with one attached hydrogen (secondary N) is 1. The van der Waals surface area contributed by atoms with Crippen LogP contribution in [-0.2, 0) is 4.79 Å². The molecular weight excluding hydrogens is 348 g/mol. The first kappa shape index (κ1) is 18.0. The predicted octanol–water partition coefficient (Wildman–Crippen LogP) is 4.43. The minimum atomic E-state index is -0.0621. The van der Waals surface area contributed by atoms with Crippen LogP contribution in [0.4, 0.5) is 11.4 Å². The molecule has 3 aromatic rings. The molecule has 0 radical (unpaired) electrons. The van der Waals surface area contributed by atoms with Crippen LogP contribution in [-0.4, -0.2) is 30.8 Å². The van der Waals surface area contributed by atoms with Gasteiger partial charge in [-0.3, -0.25) is 10.2 Å². The third kappa shape index (κ3) is 3.56. The van der Waals surface area contributed by atoms with E-state index in [9.17, 15) is 4.79 Å². The molecular formula is C23H24N4O. The highest BCUT2D eigenvalue weighted by atomic mass is 16.2. The molecule has 1 atom stereocenters. The molecule has 0 saturated carbocycles. The van der Waals surface area contributed by atoms with Gasteiger partial charge in [0.25, 0.3) is 0 Å². The van der Waals surface area contributed by atoms with Crippen LogP contribution < -0.4 is 10.3 Å². The van der Waals surface area contributed by atoms with Crippen molar-refractivity contribution >= 4 is 33.9 Å². The van der Waals surface area contributed by atoms with Gasteiger partial charge in [-0.2, -0.15) is 0 Å². The second kappa shape index (κ2) is 7.35. The summed E-state index contributed by atoms with van der Waals surface area (Å²) in [6, 6.07) is 22.6. The van der Waals surface area contributed by atoms with Gasteiger partial charge in [0.05, 0.1) is 11.7 Å². The fourth-order valence-corrected chi connectivity index (χ4v) is 3.57. The molecule has 1 unspecified atom stereocenters. The molecule has 5 heteroatoms. The van der Waals surface area contributed by atoms with Crippen LogP contribution >= 0.6 is 0 Å². The Morgan fingerprint density at radius 1 is 1.04 bits per heavy atom. The van der Waals surface area contributed by atoms with E-state index in [4.69, 9.17) is 4.99 Å². The summed E-state index contributed by atoms with van der Waals surface area (Å²) in [6.07, 6.45) is 0.660. The Morgan fingerprint density at radius 3 is 2.43 bits per heavy atom. The standard InChI is InChI=1S/C23H24N4O/c1-16(28)27-22(18-9-12-21(13-10-18)26(2)3)15-23(25-27)24-20-11-8-17-6-4-5-7-19(17)14-20/h4-14,22H,15H2,1-3H3,(H,24,25). The zero-order valence-corrected chi connectivity index (χ0v) is 16.4. The van der Waals surface area contributed by atoms with E-state index in [1.165, 1.54) is 5.39 Å². The van der Waals surface area contributed by atoms with E-state index < -0.39 is 0 Å². The molecule has 0 spiro atoms. The van der Waals surface area contributed by atoms with Crippen LogP contribution in [0.3, 0.4) is 0 Å². The van der Waals surface area contributed by atoms with Crippen LogP contribution in [0, 0.1) is 0 Å². The van der Waals surface area contributed by atoms with Crippen LogP contribution in [0.2, 0.25) is 0 Å². The van der Waals surface area contributed by atoms with Crippen LogP contribution in [0.15, 0.2) is 71.7 Å². The van der Waals surface area contributed by atoms with Gasteiger partial charge in [0.15, 0.2) is 0 Å². The van der Waals surface area contributed by atoms with E-state index in [0.29, 0.717) is 6.42 Å². The molecule has 0 aliphatic carbocycles. The molecule has 5 nitrogen and oxygen atoms in total.